The van der Waals surface area contributed by atoms with Crippen LogP contribution in [0.25, 0.3) is 4.91 Å². The van der Waals surface area contributed by atoms with E-state index in [2.05, 4.69) is 12.2 Å². The van der Waals surface area contributed by atoms with E-state index in [0.29, 0.717) is 30.5 Å². The maximum absolute atomic E-state index is 13.3. The molecule has 6 heteroatoms. The second kappa shape index (κ2) is 6.48. The van der Waals surface area contributed by atoms with E-state index in [1.54, 1.807) is 19.1 Å². The van der Waals surface area contributed by atoms with Gasteiger partial charge in [0.1, 0.15) is 0 Å². The molecule has 1 N–H and O–H groups in total. The van der Waals surface area contributed by atoms with E-state index in [9.17, 15) is 13.2 Å². The largest absolute Gasteiger partial charge is 0.337 e. The molecule has 0 saturated heterocycles. The topological polar surface area (TPSA) is 66.5 Å². The number of urea groups is 1. The van der Waals surface area contributed by atoms with Gasteiger partial charge in [0.25, 0.3) is 10.0 Å². The summed E-state index contributed by atoms with van der Waals surface area (Å²) >= 11 is 0. The van der Waals surface area contributed by atoms with Crippen molar-refractivity contribution in [2.24, 2.45) is 0 Å². The van der Waals surface area contributed by atoms with E-state index in [4.69, 9.17) is 0 Å². The van der Waals surface area contributed by atoms with Gasteiger partial charge in [0, 0.05) is 6.54 Å². The first kappa shape index (κ1) is 18.0. The van der Waals surface area contributed by atoms with Gasteiger partial charge in [-0.05, 0) is 44.7 Å². The molecule has 1 aromatic rings. The molecule has 135 valence electrons. The quantitative estimate of drug-likeness (QED) is 0.875. The molecule has 1 aromatic carbocycles. The number of nitrogens with zero attached hydrogens (tertiary/aromatic N) is 1. The monoisotopic (exact) mass is 361 g/mol. The summed E-state index contributed by atoms with van der Waals surface area (Å²) < 4.78 is 27.8. The standard InChI is InChI=1S/C19H25N2O3S/c1-4-20-18(22)21-19(12-6-5-7-13-19)15(3)17(25(21,23)24)16-10-8-14(2)9-11-16/h8-11H,3-7,12-13H2,1-2H3,(H,20,22). The number of hydrogen-bond donors (Lipinski definition) is 1. The average Bonchev–Trinajstić information content (AvgIpc) is 2.73. The number of nitrogens with one attached hydrogen (secondary N) is 1. The fourth-order valence-corrected chi connectivity index (χ4v) is 6.16. The molecule has 2 aliphatic rings. The molecular formula is C19H25N2O3S. The van der Waals surface area contributed by atoms with Crippen molar-refractivity contribution in [1.82, 2.24) is 9.62 Å². The van der Waals surface area contributed by atoms with Crippen molar-refractivity contribution in [3.63, 3.8) is 0 Å². The number of benzene rings is 1. The van der Waals surface area contributed by atoms with Gasteiger partial charge in [-0.3, -0.25) is 0 Å². The summed E-state index contributed by atoms with van der Waals surface area (Å²) in [4.78, 5) is 12.9. The summed E-state index contributed by atoms with van der Waals surface area (Å²) in [5.41, 5.74) is 1.39. The van der Waals surface area contributed by atoms with Crippen molar-refractivity contribution >= 4 is 21.0 Å². The van der Waals surface area contributed by atoms with Crippen LogP contribution in [0.15, 0.2) is 29.8 Å². The first-order valence-electron chi connectivity index (χ1n) is 8.81. The highest BCUT2D eigenvalue weighted by Crippen LogP contribution is 2.51. The molecule has 1 spiro atoms. The Hall–Kier alpha value is -1.82. The minimum atomic E-state index is -3.93. The SMILES string of the molecule is [CH2]C1=C(c2ccc(C)cc2)S(=O)(=O)N(C(=O)NCC)C12CCCCC2. The van der Waals surface area contributed by atoms with Gasteiger partial charge < -0.3 is 5.32 Å². The Morgan fingerprint density at radius 2 is 1.80 bits per heavy atom. The van der Waals surface area contributed by atoms with Crippen LogP contribution in [0.1, 0.15) is 50.2 Å². The Morgan fingerprint density at radius 3 is 2.36 bits per heavy atom. The van der Waals surface area contributed by atoms with E-state index in [1.165, 1.54) is 0 Å². The van der Waals surface area contributed by atoms with Crippen LogP contribution in [0.5, 0.6) is 0 Å². The summed E-state index contributed by atoms with van der Waals surface area (Å²) in [5.74, 6) is 0. The van der Waals surface area contributed by atoms with E-state index in [1.807, 2.05) is 19.1 Å². The third-order valence-electron chi connectivity index (χ3n) is 5.23. The molecule has 1 fully saturated rings. The second-order valence-corrected chi connectivity index (χ2v) is 8.59. The number of sulfonamides is 1. The Bertz CT molecular complexity index is 804. The van der Waals surface area contributed by atoms with Crippen molar-refractivity contribution in [2.45, 2.75) is 51.5 Å². The number of rotatable bonds is 2. The van der Waals surface area contributed by atoms with Gasteiger partial charge >= 0.3 is 6.03 Å². The van der Waals surface area contributed by atoms with Gasteiger partial charge in [-0.15, -0.1) is 0 Å². The zero-order valence-corrected chi connectivity index (χ0v) is 15.7. The Balaban J connectivity index is 2.19. The third-order valence-corrected chi connectivity index (χ3v) is 7.22. The first-order chi connectivity index (χ1) is 11.8. The van der Waals surface area contributed by atoms with Crippen molar-refractivity contribution in [3.8, 4) is 0 Å². The van der Waals surface area contributed by atoms with Crippen LogP contribution >= 0.6 is 0 Å². The number of aryl methyl sites for hydroxylation is 1. The molecule has 2 amide bonds. The van der Waals surface area contributed by atoms with Gasteiger partial charge in [0.2, 0.25) is 0 Å². The van der Waals surface area contributed by atoms with Crippen LogP contribution in [0, 0.1) is 13.8 Å². The smallest absolute Gasteiger partial charge is 0.332 e. The van der Waals surface area contributed by atoms with Gasteiger partial charge in [0.05, 0.1) is 10.4 Å². The molecule has 5 nitrogen and oxygen atoms in total. The summed E-state index contributed by atoms with van der Waals surface area (Å²) in [6.07, 6.45) is 4.12. The number of carbonyl (C=O) groups is 1. The molecule has 3 rings (SSSR count). The van der Waals surface area contributed by atoms with Gasteiger partial charge in [-0.1, -0.05) is 49.1 Å². The molecule has 0 aromatic heterocycles. The first-order valence-corrected chi connectivity index (χ1v) is 10.3. The highest BCUT2D eigenvalue weighted by Gasteiger charge is 2.56. The molecule has 1 aliphatic carbocycles. The summed E-state index contributed by atoms with van der Waals surface area (Å²) in [7, 11) is -3.93. The lowest BCUT2D eigenvalue weighted by Crippen LogP contribution is -2.55. The third kappa shape index (κ3) is 2.76. The molecule has 1 aliphatic heterocycles. The van der Waals surface area contributed by atoms with Crippen LogP contribution in [0.4, 0.5) is 4.79 Å². The lowest BCUT2D eigenvalue weighted by atomic mass is 9.76. The predicted octanol–water partition coefficient (Wildman–Crippen LogP) is 3.62. The second-order valence-electron chi connectivity index (χ2n) is 6.87. The fourth-order valence-electron chi connectivity index (χ4n) is 4.01. The molecule has 1 saturated carbocycles. The number of hydrogen-bond acceptors (Lipinski definition) is 3. The van der Waals surface area contributed by atoms with Crippen LogP contribution in [-0.4, -0.2) is 30.8 Å². The number of amides is 2. The minimum absolute atomic E-state index is 0.195. The van der Waals surface area contributed by atoms with Crippen molar-refractivity contribution in [1.29, 1.82) is 0 Å². The maximum Gasteiger partial charge on any atom is 0.332 e. The predicted molar refractivity (Wildman–Crippen MR) is 99.1 cm³/mol. The zero-order chi connectivity index (χ0) is 18.2. The fraction of sp³-hybridized carbons (Fsp3) is 0.474. The molecule has 0 unspecified atom stereocenters. The average molecular weight is 361 g/mol. The zero-order valence-electron chi connectivity index (χ0n) is 14.8. The lowest BCUT2D eigenvalue weighted by molar-refractivity contribution is 0.169. The normalized spacial score (nSPS) is 21.6. The minimum Gasteiger partial charge on any atom is -0.337 e. The van der Waals surface area contributed by atoms with Gasteiger partial charge in [-0.25, -0.2) is 17.5 Å². The van der Waals surface area contributed by atoms with Crippen molar-refractivity contribution in [2.75, 3.05) is 6.54 Å². The van der Waals surface area contributed by atoms with E-state index < -0.39 is 21.6 Å². The van der Waals surface area contributed by atoms with E-state index in [-0.39, 0.29) is 4.91 Å². The van der Waals surface area contributed by atoms with Gasteiger partial charge in [0.15, 0.2) is 0 Å². The summed E-state index contributed by atoms with van der Waals surface area (Å²) in [6.45, 7) is 8.28. The molecule has 0 atom stereocenters. The molecular weight excluding hydrogens is 336 g/mol. The summed E-state index contributed by atoms with van der Waals surface area (Å²) in [6, 6.07) is 6.81. The maximum atomic E-state index is 13.3. The highest BCUT2D eigenvalue weighted by molar-refractivity contribution is 7.99. The number of carbonyl (C=O) groups excluding carboxylic acids is 1. The van der Waals surface area contributed by atoms with Crippen molar-refractivity contribution in [3.05, 3.63) is 47.9 Å². The van der Waals surface area contributed by atoms with Crippen molar-refractivity contribution < 1.29 is 13.2 Å². The Kier molecular flexibility index (Phi) is 4.66. The van der Waals surface area contributed by atoms with E-state index in [0.717, 1.165) is 29.1 Å². The highest BCUT2D eigenvalue weighted by atomic mass is 32.2. The van der Waals surface area contributed by atoms with E-state index >= 15 is 0 Å². The van der Waals surface area contributed by atoms with Crippen LogP contribution in [0.3, 0.4) is 0 Å². The van der Waals surface area contributed by atoms with Gasteiger partial charge in [-0.2, -0.15) is 0 Å². The Morgan fingerprint density at radius 1 is 1.20 bits per heavy atom. The Labute approximate surface area is 150 Å². The van der Waals surface area contributed by atoms with Crippen LogP contribution in [0.2, 0.25) is 0 Å². The van der Waals surface area contributed by atoms with Crippen LogP contribution < -0.4 is 5.32 Å². The lowest BCUT2D eigenvalue weighted by Gasteiger charge is -2.41. The molecule has 25 heavy (non-hydrogen) atoms. The molecule has 1 radical (unpaired) electrons. The van der Waals surface area contributed by atoms with Crippen LogP contribution in [-0.2, 0) is 10.0 Å². The molecule has 0 bridgehead atoms. The molecule has 1 heterocycles. The summed E-state index contributed by atoms with van der Waals surface area (Å²) in [5, 5.41) is 2.67.